The van der Waals surface area contributed by atoms with Gasteiger partial charge >= 0.3 is 0 Å². The van der Waals surface area contributed by atoms with Crippen molar-refractivity contribution < 1.29 is 17.9 Å². The van der Waals surface area contributed by atoms with E-state index in [1.807, 2.05) is 36.2 Å². The van der Waals surface area contributed by atoms with Crippen molar-refractivity contribution in [2.75, 3.05) is 31.7 Å². The van der Waals surface area contributed by atoms with Gasteiger partial charge in [0.2, 0.25) is 5.91 Å². The van der Waals surface area contributed by atoms with Crippen LogP contribution in [-0.2, 0) is 21.2 Å². The minimum absolute atomic E-state index is 0.0877. The van der Waals surface area contributed by atoms with Crippen LogP contribution in [0.4, 0.5) is 0 Å². The van der Waals surface area contributed by atoms with Crippen molar-refractivity contribution in [2.24, 2.45) is 0 Å². The van der Waals surface area contributed by atoms with Gasteiger partial charge in [0.25, 0.3) is 0 Å². The van der Waals surface area contributed by atoms with Crippen molar-refractivity contribution in [1.82, 2.24) is 10.2 Å². The number of nitrogens with one attached hydrogen (secondary N) is 1. The number of rotatable bonds is 8. The van der Waals surface area contributed by atoms with Gasteiger partial charge in [-0.2, -0.15) is 0 Å². The lowest BCUT2D eigenvalue weighted by Gasteiger charge is -2.19. The van der Waals surface area contributed by atoms with E-state index in [0.29, 0.717) is 13.2 Å². The van der Waals surface area contributed by atoms with Gasteiger partial charge < -0.3 is 10.1 Å². The van der Waals surface area contributed by atoms with Crippen molar-refractivity contribution in [3.8, 4) is 5.75 Å². The number of amides is 1. The zero-order valence-corrected chi connectivity index (χ0v) is 15.7. The zero-order valence-electron chi connectivity index (χ0n) is 14.2. The third-order valence-electron chi connectivity index (χ3n) is 3.79. The fourth-order valence-electron chi connectivity index (χ4n) is 2.65. The average Bonchev–Trinajstić information content (AvgIpc) is 2.78. The summed E-state index contributed by atoms with van der Waals surface area (Å²) in [7, 11) is -1.33. The number of nitrogens with zero attached hydrogens (tertiary/aromatic N) is 1. The molecule has 8 heteroatoms. The monoisotopic (exact) mass is 386 g/mol. The highest BCUT2D eigenvalue weighted by Gasteiger charge is 2.37. The SMILES string of the molecule is C=CCOc1ccc(CN(C)CC(=O)N[C@H]2CS(=O)(=O)C[C@@H]2Cl)cc1. The Morgan fingerprint density at radius 3 is 2.64 bits per heavy atom. The van der Waals surface area contributed by atoms with Crippen LogP contribution in [0.3, 0.4) is 0 Å². The summed E-state index contributed by atoms with van der Waals surface area (Å²) >= 11 is 6.00. The number of ether oxygens (including phenoxy) is 1. The predicted octanol–water partition coefficient (Wildman–Crippen LogP) is 1.20. The Labute approximate surface area is 153 Å². The van der Waals surface area contributed by atoms with E-state index in [1.165, 1.54) is 0 Å². The summed E-state index contributed by atoms with van der Waals surface area (Å²) in [5.41, 5.74) is 1.04. The highest BCUT2D eigenvalue weighted by Crippen LogP contribution is 2.18. The quantitative estimate of drug-likeness (QED) is 0.536. The van der Waals surface area contributed by atoms with Crippen LogP contribution in [0, 0.1) is 0 Å². The van der Waals surface area contributed by atoms with Gasteiger partial charge in [0.15, 0.2) is 9.84 Å². The first-order valence-corrected chi connectivity index (χ1v) is 10.2. The van der Waals surface area contributed by atoms with Gasteiger partial charge in [-0.1, -0.05) is 24.8 Å². The molecule has 138 valence electrons. The molecule has 0 unspecified atom stereocenters. The van der Waals surface area contributed by atoms with Gasteiger partial charge in [0, 0.05) is 6.54 Å². The van der Waals surface area contributed by atoms with Crippen molar-refractivity contribution in [3.05, 3.63) is 42.5 Å². The second kappa shape index (κ2) is 8.69. The maximum atomic E-state index is 12.1. The third-order valence-corrected chi connectivity index (χ3v) is 6.16. The summed E-state index contributed by atoms with van der Waals surface area (Å²) in [4.78, 5) is 13.9. The molecule has 0 spiro atoms. The summed E-state index contributed by atoms with van der Waals surface area (Å²) in [6.07, 6.45) is 1.68. The van der Waals surface area contributed by atoms with Crippen LogP contribution in [-0.4, -0.2) is 62.3 Å². The fraction of sp³-hybridized carbons (Fsp3) is 0.471. The van der Waals surface area contributed by atoms with E-state index in [9.17, 15) is 13.2 Å². The Bertz CT molecular complexity index is 706. The molecule has 0 radical (unpaired) electrons. The first kappa shape index (κ1) is 19.8. The van der Waals surface area contributed by atoms with Gasteiger partial charge in [0.1, 0.15) is 12.4 Å². The third kappa shape index (κ3) is 6.34. The highest BCUT2D eigenvalue weighted by atomic mass is 35.5. The maximum Gasteiger partial charge on any atom is 0.234 e. The van der Waals surface area contributed by atoms with E-state index in [0.717, 1.165) is 11.3 Å². The van der Waals surface area contributed by atoms with E-state index in [1.54, 1.807) is 6.08 Å². The van der Waals surface area contributed by atoms with Crippen molar-refractivity contribution >= 4 is 27.3 Å². The largest absolute Gasteiger partial charge is 0.490 e. The maximum absolute atomic E-state index is 12.1. The van der Waals surface area contributed by atoms with Gasteiger partial charge in [-0.25, -0.2) is 8.42 Å². The Balaban J connectivity index is 1.80. The molecule has 1 aliphatic rings. The molecule has 1 aliphatic heterocycles. The number of likely N-dealkylation sites (N-methyl/N-ethyl adjacent to an activating group) is 1. The Kier molecular flexibility index (Phi) is 6.87. The molecule has 25 heavy (non-hydrogen) atoms. The second-order valence-electron chi connectivity index (χ2n) is 6.18. The molecule has 2 rings (SSSR count). The average molecular weight is 387 g/mol. The van der Waals surface area contributed by atoms with Gasteiger partial charge in [-0.3, -0.25) is 9.69 Å². The minimum atomic E-state index is -3.16. The lowest BCUT2D eigenvalue weighted by atomic mass is 10.2. The molecule has 0 saturated carbocycles. The lowest BCUT2D eigenvalue weighted by molar-refractivity contribution is -0.122. The molecule has 0 aromatic heterocycles. The lowest BCUT2D eigenvalue weighted by Crippen LogP contribution is -2.44. The number of halogens is 1. The molecule has 1 aromatic carbocycles. The van der Waals surface area contributed by atoms with Crippen molar-refractivity contribution in [3.63, 3.8) is 0 Å². The number of hydrogen-bond acceptors (Lipinski definition) is 5. The number of carbonyl (C=O) groups excluding carboxylic acids is 1. The van der Waals surface area contributed by atoms with Gasteiger partial charge in [-0.05, 0) is 24.7 Å². The molecular formula is C17H23ClN2O4S. The van der Waals surface area contributed by atoms with Crippen molar-refractivity contribution in [2.45, 2.75) is 18.0 Å². The molecule has 1 amide bonds. The number of benzene rings is 1. The standard InChI is InChI=1S/C17H23ClN2O4S/c1-3-8-24-14-6-4-13(5-7-14)9-20(2)10-17(21)19-16-12-25(22,23)11-15(16)18/h3-7,15-16H,1,8-12H2,2H3,(H,19,21)/t15-,16-/m0/s1. The second-order valence-corrected chi connectivity index (χ2v) is 8.90. The zero-order chi connectivity index (χ0) is 18.4. The predicted molar refractivity (Wildman–Crippen MR) is 98.7 cm³/mol. The van der Waals surface area contributed by atoms with Crippen LogP contribution in [0.25, 0.3) is 0 Å². The summed E-state index contributed by atoms with van der Waals surface area (Å²) in [6.45, 7) is 4.80. The number of sulfone groups is 1. The van der Waals surface area contributed by atoms with Crippen LogP contribution in [0.1, 0.15) is 5.56 Å². The Morgan fingerprint density at radius 1 is 1.40 bits per heavy atom. The van der Waals surface area contributed by atoms with Gasteiger partial charge in [0.05, 0.1) is 29.5 Å². The Hall–Kier alpha value is -1.57. The first-order chi connectivity index (χ1) is 11.8. The molecular weight excluding hydrogens is 364 g/mol. The van der Waals surface area contributed by atoms with Crippen LogP contribution in [0.15, 0.2) is 36.9 Å². The minimum Gasteiger partial charge on any atom is -0.490 e. The normalized spacial score (nSPS) is 21.9. The van der Waals surface area contributed by atoms with E-state index < -0.39 is 21.3 Å². The first-order valence-electron chi connectivity index (χ1n) is 7.94. The highest BCUT2D eigenvalue weighted by molar-refractivity contribution is 7.91. The fourth-order valence-corrected chi connectivity index (χ4v) is 5.20. The molecule has 0 aliphatic carbocycles. The van der Waals surface area contributed by atoms with E-state index in [2.05, 4.69) is 11.9 Å². The summed E-state index contributed by atoms with van der Waals surface area (Å²) in [5, 5.41) is 2.14. The molecule has 1 saturated heterocycles. The molecule has 1 heterocycles. The van der Waals surface area contributed by atoms with Crippen LogP contribution in [0.5, 0.6) is 5.75 Å². The van der Waals surface area contributed by atoms with Crippen LogP contribution >= 0.6 is 11.6 Å². The van der Waals surface area contributed by atoms with Crippen LogP contribution < -0.4 is 10.1 Å². The topological polar surface area (TPSA) is 75.7 Å². The van der Waals surface area contributed by atoms with E-state index >= 15 is 0 Å². The molecule has 2 atom stereocenters. The summed E-state index contributed by atoms with van der Waals surface area (Å²) in [5.74, 6) is 0.346. The number of hydrogen-bond donors (Lipinski definition) is 1. The Morgan fingerprint density at radius 2 is 2.08 bits per heavy atom. The molecule has 1 N–H and O–H groups in total. The smallest absolute Gasteiger partial charge is 0.234 e. The summed E-state index contributed by atoms with van der Waals surface area (Å²) in [6, 6.07) is 7.09. The van der Waals surface area contributed by atoms with E-state index in [-0.39, 0.29) is 24.0 Å². The number of alkyl halides is 1. The molecule has 0 bridgehead atoms. The van der Waals surface area contributed by atoms with E-state index in [4.69, 9.17) is 16.3 Å². The van der Waals surface area contributed by atoms with Crippen LogP contribution in [0.2, 0.25) is 0 Å². The summed E-state index contributed by atoms with van der Waals surface area (Å²) < 4.78 is 28.5. The molecule has 6 nitrogen and oxygen atoms in total. The molecule has 1 fully saturated rings. The van der Waals surface area contributed by atoms with Crippen molar-refractivity contribution in [1.29, 1.82) is 0 Å². The molecule has 1 aromatic rings. The van der Waals surface area contributed by atoms with Gasteiger partial charge in [-0.15, -0.1) is 11.6 Å². The number of carbonyl (C=O) groups is 1.